The Kier molecular flexibility index (Phi) is 5.71. The van der Waals surface area contributed by atoms with Crippen molar-refractivity contribution in [1.82, 2.24) is 0 Å². The van der Waals surface area contributed by atoms with Gasteiger partial charge in [-0.1, -0.05) is 25.4 Å². The summed E-state index contributed by atoms with van der Waals surface area (Å²) in [5.41, 5.74) is 5.36. The molecule has 0 saturated carbocycles. The van der Waals surface area contributed by atoms with Crippen LogP contribution in [0.25, 0.3) is 0 Å². The summed E-state index contributed by atoms with van der Waals surface area (Å²) in [6.07, 6.45) is 0.964. The Morgan fingerprint density at radius 1 is 1.45 bits per heavy atom. The maximum absolute atomic E-state index is 12.1. The fourth-order valence-corrected chi connectivity index (χ4v) is 1.82. The van der Waals surface area contributed by atoms with Crippen LogP contribution in [-0.2, 0) is 4.79 Å². The number of hydrogen-bond donors (Lipinski definition) is 2. The summed E-state index contributed by atoms with van der Waals surface area (Å²) in [6, 6.07) is 4.02. The van der Waals surface area contributed by atoms with Gasteiger partial charge in [-0.25, -0.2) is 0 Å². The van der Waals surface area contributed by atoms with Gasteiger partial charge < -0.3 is 15.8 Å². The third-order valence-corrected chi connectivity index (χ3v) is 3.42. The first kappa shape index (κ1) is 16.7. The molecule has 1 aromatic carbocycles. The third kappa shape index (κ3) is 4.05. The topological polar surface area (TPSA) is 64.4 Å². The Balaban J connectivity index is 2.84. The molecule has 1 aromatic rings. The first-order valence-electron chi connectivity index (χ1n) is 6.17. The van der Waals surface area contributed by atoms with Crippen molar-refractivity contribution in [3.8, 4) is 5.75 Å². The maximum Gasteiger partial charge on any atom is 0.387 e. The van der Waals surface area contributed by atoms with Gasteiger partial charge in [-0.05, 0) is 31.0 Å². The normalized spacial score (nSPS) is 11.6. The highest BCUT2D eigenvalue weighted by Crippen LogP contribution is 2.29. The zero-order valence-electron chi connectivity index (χ0n) is 11.3. The Hall–Kier alpha value is -1.40. The molecule has 0 atom stereocenters. The number of amides is 1. The molecule has 20 heavy (non-hydrogen) atoms. The summed E-state index contributed by atoms with van der Waals surface area (Å²) in [6.45, 7) is 0.676. The van der Waals surface area contributed by atoms with Crippen LogP contribution in [0.15, 0.2) is 18.2 Å². The Bertz CT molecular complexity index is 479. The summed E-state index contributed by atoms with van der Waals surface area (Å²) in [7, 11) is 0. The van der Waals surface area contributed by atoms with Crippen molar-refractivity contribution in [2.75, 3.05) is 5.32 Å². The minimum atomic E-state index is -2.95. The van der Waals surface area contributed by atoms with Crippen LogP contribution in [0.5, 0.6) is 5.75 Å². The van der Waals surface area contributed by atoms with E-state index in [1.807, 2.05) is 13.8 Å². The fourth-order valence-electron chi connectivity index (χ4n) is 1.60. The molecule has 0 spiro atoms. The molecule has 0 bridgehead atoms. The second-order valence-electron chi connectivity index (χ2n) is 4.34. The molecule has 4 nitrogen and oxygen atoms in total. The lowest BCUT2D eigenvalue weighted by atomic mass is 9.93. The number of nitrogens with two attached hydrogens (primary N) is 1. The van der Waals surface area contributed by atoms with Crippen molar-refractivity contribution in [1.29, 1.82) is 0 Å². The van der Waals surface area contributed by atoms with Crippen molar-refractivity contribution in [2.45, 2.75) is 38.8 Å². The molecule has 0 aliphatic carbocycles. The average Bonchev–Trinajstić information content (AvgIpc) is 2.40. The Morgan fingerprint density at radius 2 is 2.05 bits per heavy atom. The highest BCUT2D eigenvalue weighted by atomic mass is 35.5. The summed E-state index contributed by atoms with van der Waals surface area (Å²) in [5, 5.41) is 2.60. The van der Waals surface area contributed by atoms with Gasteiger partial charge in [0.1, 0.15) is 5.75 Å². The maximum atomic E-state index is 12.1. The minimum Gasteiger partial charge on any atom is -0.433 e. The van der Waals surface area contributed by atoms with Crippen LogP contribution in [0.3, 0.4) is 0 Å². The first-order valence-corrected chi connectivity index (χ1v) is 6.55. The van der Waals surface area contributed by atoms with E-state index >= 15 is 0 Å². The van der Waals surface area contributed by atoms with Gasteiger partial charge in [0, 0.05) is 5.69 Å². The van der Waals surface area contributed by atoms with Crippen LogP contribution >= 0.6 is 11.6 Å². The van der Waals surface area contributed by atoms with E-state index in [0.29, 0.717) is 18.5 Å². The number of carbonyl (C=O) groups excluding carboxylic acids is 1. The molecule has 0 radical (unpaired) electrons. The standard InChI is InChI=1S/C13H17ClF2N2O2/c1-3-13(17,4-2)11(19)18-8-5-6-10(9(14)7-8)20-12(15)16/h5-7,12H,3-4,17H2,1-2H3,(H,18,19). The van der Waals surface area contributed by atoms with Gasteiger partial charge in [-0.3, -0.25) is 4.79 Å². The van der Waals surface area contributed by atoms with E-state index < -0.39 is 12.2 Å². The summed E-state index contributed by atoms with van der Waals surface area (Å²) in [4.78, 5) is 12.0. The van der Waals surface area contributed by atoms with Gasteiger partial charge in [0.15, 0.2) is 0 Å². The zero-order chi connectivity index (χ0) is 15.3. The van der Waals surface area contributed by atoms with E-state index in [1.54, 1.807) is 0 Å². The SMILES string of the molecule is CCC(N)(CC)C(=O)Nc1ccc(OC(F)F)c(Cl)c1. The van der Waals surface area contributed by atoms with Crippen molar-refractivity contribution >= 4 is 23.2 Å². The van der Waals surface area contributed by atoms with E-state index in [4.69, 9.17) is 17.3 Å². The van der Waals surface area contributed by atoms with Gasteiger partial charge in [-0.2, -0.15) is 8.78 Å². The number of carbonyl (C=O) groups is 1. The monoisotopic (exact) mass is 306 g/mol. The molecule has 0 aromatic heterocycles. The van der Waals surface area contributed by atoms with Crippen LogP contribution in [0.2, 0.25) is 5.02 Å². The van der Waals surface area contributed by atoms with E-state index in [1.165, 1.54) is 18.2 Å². The lowest BCUT2D eigenvalue weighted by Crippen LogP contribution is -2.50. The minimum absolute atomic E-state index is 0.0151. The number of anilines is 1. The molecule has 3 N–H and O–H groups in total. The molecular weight excluding hydrogens is 290 g/mol. The molecule has 0 fully saturated rings. The number of halogens is 3. The number of rotatable bonds is 6. The zero-order valence-corrected chi connectivity index (χ0v) is 12.0. The molecule has 1 rings (SSSR count). The van der Waals surface area contributed by atoms with Gasteiger partial charge in [0.25, 0.3) is 0 Å². The van der Waals surface area contributed by atoms with Gasteiger partial charge in [-0.15, -0.1) is 0 Å². The molecule has 0 aliphatic rings. The van der Waals surface area contributed by atoms with Crippen LogP contribution in [-0.4, -0.2) is 18.1 Å². The van der Waals surface area contributed by atoms with Crippen molar-refractivity contribution in [2.24, 2.45) is 5.73 Å². The highest BCUT2D eigenvalue weighted by molar-refractivity contribution is 6.32. The lowest BCUT2D eigenvalue weighted by Gasteiger charge is -2.25. The quantitative estimate of drug-likeness (QED) is 0.846. The first-order chi connectivity index (χ1) is 9.32. The predicted molar refractivity (Wildman–Crippen MR) is 74.2 cm³/mol. The Morgan fingerprint density at radius 3 is 2.50 bits per heavy atom. The highest BCUT2D eigenvalue weighted by Gasteiger charge is 2.29. The average molecular weight is 307 g/mol. The number of nitrogens with one attached hydrogen (secondary N) is 1. The summed E-state index contributed by atoms with van der Waals surface area (Å²) in [5.74, 6) is -0.495. The second-order valence-corrected chi connectivity index (χ2v) is 4.75. The van der Waals surface area contributed by atoms with Crippen LogP contribution in [0, 0.1) is 0 Å². The van der Waals surface area contributed by atoms with Gasteiger partial charge in [0.05, 0.1) is 10.6 Å². The van der Waals surface area contributed by atoms with Crippen molar-refractivity contribution in [3.05, 3.63) is 23.2 Å². The Labute approximate surface area is 121 Å². The van der Waals surface area contributed by atoms with Crippen LogP contribution < -0.4 is 15.8 Å². The van der Waals surface area contributed by atoms with Gasteiger partial charge >= 0.3 is 6.61 Å². The van der Waals surface area contributed by atoms with E-state index in [9.17, 15) is 13.6 Å². The second kappa shape index (κ2) is 6.85. The smallest absolute Gasteiger partial charge is 0.387 e. The van der Waals surface area contributed by atoms with Crippen LogP contribution in [0.4, 0.5) is 14.5 Å². The fraction of sp³-hybridized carbons (Fsp3) is 0.462. The van der Waals surface area contributed by atoms with E-state index in [2.05, 4.69) is 10.1 Å². The molecule has 0 heterocycles. The number of hydrogen-bond acceptors (Lipinski definition) is 3. The largest absolute Gasteiger partial charge is 0.433 e. The lowest BCUT2D eigenvalue weighted by molar-refractivity contribution is -0.121. The van der Waals surface area contributed by atoms with Crippen molar-refractivity contribution < 1.29 is 18.3 Å². The molecule has 1 amide bonds. The third-order valence-electron chi connectivity index (χ3n) is 3.12. The summed E-state index contributed by atoms with van der Waals surface area (Å²) < 4.78 is 28.4. The molecule has 0 aliphatic heterocycles. The number of alkyl halides is 2. The summed E-state index contributed by atoms with van der Waals surface area (Å²) >= 11 is 5.80. The van der Waals surface area contributed by atoms with Gasteiger partial charge in [0.2, 0.25) is 5.91 Å². The predicted octanol–water partition coefficient (Wildman–Crippen LogP) is 3.40. The van der Waals surface area contributed by atoms with Crippen molar-refractivity contribution in [3.63, 3.8) is 0 Å². The molecule has 0 saturated heterocycles. The molecule has 112 valence electrons. The van der Waals surface area contributed by atoms with Crippen LogP contribution in [0.1, 0.15) is 26.7 Å². The number of benzene rings is 1. The molecular formula is C13H17ClF2N2O2. The molecule has 7 heteroatoms. The van der Waals surface area contributed by atoms with E-state index in [-0.39, 0.29) is 16.7 Å². The molecule has 0 unspecified atom stereocenters. The van der Waals surface area contributed by atoms with E-state index in [0.717, 1.165) is 0 Å². The number of ether oxygens (including phenoxy) is 1.